The fourth-order valence-corrected chi connectivity index (χ4v) is 1.23. The number of rotatable bonds is 10. The molecule has 0 rings (SSSR count). The van der Waals surface area contributed by atoms with Gasteiger partial charge in [-0.2, -0.15) is 0 Å². The van der Waals surface area contributed by atoms with Crippen molar-refractivity contribution in [2.45, 2.75) is 72.1 Å². The maximum Gasteiger partial charge on any atom is 0.310 e. The van der Waals surface area contributed by atoms with Gasteiger partial charge in [0.2, 0.25) is 0 Å². The van der Waals surface area contributed by atoms with E-state index in [0.29, 0.717) is 19.4 Å². The first-order valence-corrected chi connectivity index (χ1v) is 7.82. The van der Waals surface area contributed by atoms with Crippen molar-refractivity contribution in [2.75, 3.05) is 6.61 Å². The van der Waals surface area contributed by atoms with Crippen LogP contribution in [0.5, 0.6) is 0 Å². The van der Waals surface area contributed by atoms with Gasteiger partial charge in [-0.15, -0.1) is 0 Å². The van der Waals surface area contributed by atoms with E-state index >= 15 is 0 Å². The molecule has 7 nitrogen and oxygen atoms in total. The number of carboxylic acids is 2. The van der Waals surface area contributed by atoms with Gasteiger partial charge in [0, 0.05) is 19.4 Å². The van der Waals surface area contributed by atoms with Crippen molar-refractivity contribution in [1.29, 1.82) is 0 Å². The second-order valence-corrected chi connectivity index (χ2v) is 4.80. The average Bonchev–Trinajstić information content (AvgIpc) is 2.39. The number of aliphatic hydroxyl groups excluding tert-OH is 1. The van der Waals surface area contributed by atoms with Gasteiger partial charge in [0.15, 0.2) is 0 Å². The summed E-state index contributed by atoms with van der Waals surface area (Å²) in [4.78, 5) is 40.7. The fraction of sp³-hybridized carbons (Fsp3) is 0.750. The van der Waals surface area contributed by atoms with Gasteiger partial charge in [-0.05, 0) is 19.3 Å². The second-order valence-electron chi connectivity index (χ2n) is 4.80. The molecule has 0 heterocycles. The molecule has 0 amide bonds. The molecule has 0 aliphatic heterocycles. The molecular formula is C16H30O7. The van der Waals surface area contributed by atoms with Crippen molar-refractivity contribution < 1.29 is 34.5 Å². The van der Waals surface area contributed by atoms with Gasteiger partial charge in [0.05, 0.1) is 0 Å². The van der Waals surface area contributed by atoms with Crippen molar-refractivity contribution in [1.82, 2.24) is 0 Å². The summed E-state index contributed by atoms with van der Waals surface area (Å²) in [6.45, 7) is 6.09. The summed E-state index contributed by atoms with van der Waals surface area (Å²) in [6, 6.07) is 0. The van der Waals surface area contributed by atoms with E-state index in [0.717, 1.165) is 25.7 Å². The van der Waals surface area contributed by atoms with Crippen molar-refractivity contribution in [3.8, 4) is 0 Å². The van der Waals surface area contributed by atoms with Crippen molar-refractivity contribution >= 4 is 23.5 Å². The number of unbranched alkanes of at least 4 members (excludes halogenated alkanes) is 1. The largest absolute Gasteiger partial charge is 0.481 e. The molecule has 0 fully saturated rings. The van der Waals surface area contributed by atoms with Crippen molar-refractivity contribution in [3.05, 3.63) is 0 Å². The molecule has 0 aliphatic rings. The van der Waals surface area contributed by atoms with E-state index in [4.69, 9.17) is 15.3 Å². The highest BCUT2D eigenvalue weighted by atomic mass is 16.4. The molecule has 0 aromatic rings. The number of hydrogen-bond donors (Lipinski definition) is 3. The molecule has 0 saturated heterocycles. The van der Waals surface area contributed by atoms with E-state index in [-0.39, 0.29) is 24.4 Å². The smallest absolute Gasteiger partial charge is 0.310 e. The first-order valence-electron chi connectivity index (χ1n) is 7.82. The number of Topliss-reactive ketones (excluding diaryl/α,β-unsaturated/α-hetero) is 2. The van der Waals surface area contributed by atoms with Crippen LogP contribution in [0.3, 0.4) is 0 Å². The van der Waals surface area contributed by atoms with E-state index in [1.165, 1.54) is 0 Å². The van der Waals surface area contributed by atoms with Gasteiger partial charge in [0.1, 0.15) is 24.4 Å². The molecule has 0 radical (unpaired) electrons. The van der Waals surface area contributed by atoms with Gasteiger partial charge in [-0.3, -0.25) is 19.2 Å². The first-order chi connectivity index (χ1) is 10.7. The number of aliphatic carboxylic acids is 2. The highest BCUT2D eigenvalue weighted by Gasteiger charge is 2.05. The van der Waals surface area contributed by atoms with Crippen LogP contribution in [0.4, 0.5) is 0 Å². The van der Waals surface area contributed by atoms with Gasteiger partial charge in [0.25, 0.3) is 0 Å². The van der Waals surface area contributed by atoms with Gasteiger partial charge < -0.3 is 15.3 Å². The Bertz CT molecular complexity index is 305. The third-order valence-corrected chi connectivity index (χ3v) is 2.27. The molecule has 0 saturated carbocycles. The predicted molar refractivity (Wildman–Crippen MR) is 86.3 cm³/mol. The molecule has 0 aliphatic carbocycles. The summed E-state index contributed by atoms with van der Waals surface area (Å²) in [5.74, 6) is -2.45. The van der Waals surface area contributed by atoms with Crippen LogP contribution in [-0.2, 0) is 19.2 Å². The SMILES string of the molecule is CCCC(=O)CC(=O)O.CCCC(=O)CC(=O)O.CCCCO. The molecule has 0 spiro atoms. The lowest BCUT2D eigenvalue weighted by Crippen LogP contribution is -2.05. The van der Waals surface area contributed by atoms with Crippen LogP contribution in [-0.4, -0.2) is 45.4 Å². The Hall–Kier alpha value is -1.76. The number of ketones is 2. The topological polar surface area (TPSA) is 129 Å². The number of carbonyl (C=O) groups excluding carboxylic acids is 2. The summed E-state index contributed by atoms with van der Waals surface area (Å²) in [5, 5.41) is 24.2. The Morgan fingerprint density at radius 3 is 1.17 bits per heavy atom. The number of carboxylic acid groups (broad SMARTS) is 2. The quantitative estimate of drug-likeness (QED) is 0.523. The number of aliphatic hydroxyl groups is 1. The third-order valence-electron chi connectivity index (χ3n) is 2.27. The van der Waals surface area contributed by atoms with E-state index in [9.17, 15) is 19.2 Å². The zero-order valence-corrected chi connectivity index (χ0v) is 14.3. The zero-order chi connectivity index (χ0) is 18.7. The van der Waals surface area contributed by atoms with Crippen LogP contribution < -0.4 is 0 Å². The molecule has 136 valence electrons. The molecule has 7 heteroatoms. The molecule has 0 aromatic heterocycles. The standard InChI is InChI=1S/2C6H10O3.C4H10O/c2*1-2-3-5(7)4-6(8)9;1-2-3-4-5/h2*2-4H2,1H3,(H,8,9);5H,2-4H2,1H3. The van der Waals surface area contributed by atoms with E-state index < -0.39 is 11.9 Å². The lowest BCUT2D eigenvalue weighted by atomic mass is 10.2. The van der Waals surface area contributed by atoms with E-state index in [1.54, 1.807) is 0 Å². The normalized spacial score (nSPS) is 8.87. The fourth-order valence-electron chi connectivity index (χ4n) is 1.23. The molecule has 0 unspecified atom stereocenters. The summed E-state index contributed by atoms with van der Waals surface area (Å²) in [6.07, 6.45) is 3.61. The first kappa shape index (κ1) is 26.2. The minimum Gasteiger partial charge on any atom is -0.481 e. The summed E-state index contributed by atoms with van der Waals surface area (Å²) in [7, 11) is 0. The Morgan fingerprint density at radius 1 is 0.696 bits per heavy atom. The summed E-state index contributed by atoms with van der Waals surface area (Å²) < 4.78 is 0. The average molecular weight is 334 g/mol. The Balaban J connectivity index is -0.000000273. The summed E-state index contributed by atoms with van der Waals surface area (Å²) in [5.41, 5.74) is 0. The van der Waals surface area contributed by atoms with Crippen LogP contribution in [0.2, 0.25) is 0 Å². The lowest BCUT2D eigenvalue weighted by molar-refractivity contribution is -0.141. The second kappa shape index (κ2) is 20.2. The maximum absolute atomic E-state index is 10.5. The Labute approximate surface area is 137 Å². The van der Waals surface area contributed by atoms with Gasteiger partial charge in [-0.1, -0.05) is 27.2 Å². The van der Waals surface area contributed by atoms with Crippen LogP contribution >= 0.6 is 0 Å². The Kier molecular flexibility index (Phi) is 23.0. The van der Waals surface area contributed by atoms with Crippen LogP contribution in [0.15, 0.2) is 0 Å². The van der Waals surface area contributed by atoms with Gasteiger partial charge >= 0.3 is 11.9 Å². The Morgan fingerprint density at radius 2 is 1.04 bits per heavy atom. The van der Waals surface area contributed by atoms with Crippen LogP contribution in [0.25, 0.3) is 0 Å². The summed E-state index contributed by atoms with van der Waals surface area (Å²) >= 11 is 0. The zero-order valence-electron chi connectivity index (χ0n) is 14.3. The maximum atomic E-state index is 10.5. The highest BCUT2D eigenvalue weighted by Crippen LogP contribution is 1.93. The highest BCUT2D eigenvalue weighted by molar-refractivity contribution is 5.95. The van der Waals surface area contributed by atoms with E-state index in [1.807, 2.05) is 13.8 Å². The van der Waals surface area contributed by atoms with Crippen molar-refractivity contribution in [2.24, 2.45) is 0 Å². The third kappa shape index (κ3) is 33.2. The molecular weight excluding hydrogens is 304 g/mol. The molecule has 0 bridgehead atoms. The van der Waals surface area contributed by atoms with Crippen molar-refractivity contribution in [3.63, 3.8) is 0 Å². The predicted octanol–water partition coefficient (Wildman–Crippen LogP) is 2.44. The monoisotopic (exact) mass is 334 g/mol. The van der Waals surface area contributed by atoms with Crippen LogP contribution in [0, 0.1) is 0 Å². The minimum atomic E-state index is -1.03. The minimum absolute atomic E-state index is 0.190. The lowest BCUT2D eigenvalue weighted by Gasteiger charge is -1.90. The molecule has 0 aromatic carbocycles. The molecule has 3 N–H and O–H groups in total. The van der Waals surface area contributed by atoms with Gasteiger partial charge in [-0.25, -0.2) is 0 Å². The van der Waals surface area contributed by atoms with E-state index in [2.05, 4.69) is 6.92 Å². The van der Waals surface area contributed by atoms with Crippen LogP contribution in [0.1, 0.15) is 72.1 Å². The number of hydrogen-bond acceptors (Lipinski definition) is 5. The number of carbonyl (C=O) groups is 4. The molecule has 0 atom stereocenters. The molecule has 23 heavy (non-hydrogen) atoms.